The zero-order valence-electron chi connectivity index (χ0n) is 12.7. The van der Waals surface area contributed by atoms with E-state index in [2.05, 4.69) is 23.2 Å². The van der Waals surface area contributed by atoms with E-state index in [0.29, 0.717) is 0 Å². The summed E-state index contributed by atoms with van der Waals surface area (Å²) in [5.41, 5.74) is 2.11. The molecule has 1 saturated heterocycles. The first kappa shape index (κ1) is 14.9. The van der Waals surface area contributed by atoms with Gasteiger partial charge in [-0.05, 0) is 37.9 Å². The van der Waals surface area contributed by atoms with Crippen molar-refractivity contribution in [3.05, 3.63) is 24.3 Å². The molecule has 1 aromatic carbocycles. The monoisotopic (exact) mass is 275 g/mol. The molecule has 0 aromatic heterocycles. The second-order valence-corrected chi connectivity index (χ2v) is 5.52. The Morgan fingerprint density at radius 3 is 2.80 bits per heavy atom. The predicted molar refractivity (Wildman–Crippen MR) is 84.4 cm³/mol. The summed E-state index contributed by atoms with van der Waals surface area (Å²) in [5.74, 6) is 0.207. The number of rotatable bonds is 5. The van der Waals surface area contributed by atoms with E-state index in [4.69, 9.17) is 0 Å². The number of carbonyl (C=O) groups excluding carboxylic acids is 1. The van der Waals surface area contributed by atoms with E-state index in [9.17, 15) is 4.79 Å². The van der Waals surface area contributed by atoms with Gasteiger partial charge in [-0.3, -0.25) is 4.79 Å². The van der Waals surface area contributed by atoms with Crippen molar-refractivity contribution < 1.29 is 4.79 Å². The molecule has 1 aromatic rings. The van der Waals surface area contributed by atoms with E-state index in [1.807, 2.05) is 37.2 Å². The third kappa shape index (κ3) is 3.12. The third-order valence-electron chi connectivity index (χ3n) is 3.73. The Kier molecular flexibility index (Phi) is 5.01. The van der Waals surface area contributed by atoms with Crippen LogP contribution in [-0.4, -0.2) is 39.1 Å². The van der Waals surface area contributed by atoms with Gasteiger partial charge in [0.1, 0.15) is 0 Å². The lowest BCUT2D eigenvalue weighted by Crippen LogP contribution is -2.51. The zero-order valence-corrected chi connectivity index (χ0v) is 12.7. The van der Waals surface area contributed by atoms with Gasteiger partial charge in [0.15, 0.2) is 0 Å². The van der Waals surface area contributed by atoms with Gasteiger partial charge in [0.25, 0.3) is 0 Å². The van der Waals surface area contributed by atoms with Gasteiger partial charge in [-0.1, -0.05) is 19.1 Å². The largest absolute Gasteiger partial charge is 0.376 e. The van der Waals surface area contributed by atoms with Crippen LogP contribution in [0.3, 0.4) is 0 Å². The molecular weight excluding hydrogens is 250 g/mol. The molecular formula is C16H25N3O. The highest BCUT2D eigenvalue weighted by Gasteiger charge is 2.30. The molecule has 0 saturated carbocycles. The third-order valence-corrected chi connectivity index (χ3v) is 3.73. The second-order valence-electron chi connectivity index (χ2n) is 5.52. The van der Waals surface area contributed by atoms with Crippen molar-refractivity contribution in [2.24, 2.45) is 0 Å². The van der Waals surface area contributed by atoms with Crippen LogP contribution in [0.4, 0.5) is 11.4 Å². The molecule has 1 fully saturated rings. The van der Waals surface area contributed by atoms with E-state index in [0.717, 1.165) is 43.7 Å². The minimum absolute atomic E-state index is 0.0288. The van der Waals surface area contributed by atoms with Crippen LogP contribution in [0.5, 0.6) is 0 Å². The molecule has 1 aliphatic rings. The summed E-state index contributed by atoms with van der Waals surface area (Å²) < 4.78 is 0. The Bertz CT molecular complexity index is 459. The SMILES string of the molecule is CCCNC1CCCN(c2ccccc2N(C)C)C1=O. The number of anilines is 2. The molecule has 1 heterocycles. The highest BCUT2D eigenvalue weighted by Crippen LogP contribution is 2.30. The maximum absolute atomic E-state index is 12.7. The van der Waals surface area contributed by atoms with E-state index in [1.54, 1.807) is 0 Å². The molecule has 1 atom stereocenters. The fourth-order valence-corrected chi connectivity index (χ4v) is 2.69. The first-order chi connectivity index (χ1) is 9.65. The number of carbonyl (C=O) groups is 1. The van der Waals surface area contributed by atoms with Crippen LogP contribution in [0.15, 0.2) is 24.3 Å². The fourth-order valence-electron chi connectivity index (χ4n) is 2.69. The molecule has 0 bridgehead atoms. The van der Waals surface area contributed by atoms with Crippen LogP contribution >= 0.6 is 0 Å². The van der Waals surface area contributed by atoms with E-state index >= 15 is 0 Å². The van der Waals surface area contributed by atoms with Crippen molar-refractivity contribution in [2.45, 2.75) is 32.2 Å². The Labute approximate surface area is 121 Å². The van der Waals surface area contributed by atoms with Crippen LogP contribution in [0.2, 0.25) is 0 Å². The lowest BCUT2D eigenvalue weighted by atomic mass is 10.0. The predicted octanol–water partition coefficient (Wildman–Crippen LogP) is 2.25. The molecule has 1 unspecified atom stereocenters. The van der Waals surface area contributed by atoms with Gasteiger partial charge in [0.2, 0.25) is 5.91 Å². The molecule has 2 rings (SSSR count). The number of benzene rings is 1. The highest BCUT2D eigenvalue weighted by atomic mass is 16.2. The molecule has 4 nitrogen and oxygen atoms in total. The Balaban J connectivity index is 2.21. The van der Waals surface area contributed by atoms with Gasteiger partial charge < -0.3 is 15.1 Å². The summed E-state index contributed by atoms with van der Waals surface area (Å²) >= 11 is 0. The van der Waals surface area contributed by atoms with Gasteiger partial charge in [0.05, 0.1) is 17.4 Å². The second kappa shape index (κ2) is 6.75. The van der Waals surface area contributed by atoms with Gasteiger partial charge in [0, 0.05) is 20.6 Å². The highest BCUT2D eigenvalue weighted by molar-refractivity contribution is 6.00. The number of hydrogen-bond acceptors (Lipinski definition) is 3. The smallest absolute Gasteiger partial charge is 0.244 e. The van der Waals surface area contributed by atoms with Crippen molar-refractivity contribution in [3.8, 4) is 0 Å². The minimum atomic E-state index is -0.0288. The number of nitrogens with zero attached hydrogens (tertiary/aromatic N) is 2. The molecule has 20 heavy (non-hydrogen) atoms. The van der Waals surface area contributed by atoms with Crippen molar-refractivity contribution in [1.82, 2.24) is 5.32 Å². The number of nitrogens with one attached hydrogen (secondary N) is 1. The number of piperidine rings is 1. The van der Waals surface area contributed by atoms with E-state index in [-0.39, 0.29) is 11.9 Å². The van der Waals surface area contributed by atoms with Crippen molar-refractivity contribution >= 4 is 17.3 Å². The normalized spacial score (nSPS) is 19.2. The van der Waals surface area contributed by atoms with Gasteiger partial charge in [-0.2, -0.15) is 0 Å². The molecule has 0 spiro atoms. The van der Waals surface area contributed by atoms with Crippen LogP contribution < -0.4 is 15.1 Å². The standard InChI is InChI=1S/C16H25N3O/c1-4-11-17-13-8-7-12-19(16(13)20)15-10-6-5-9-14(15)18(2)3/h5-6,9-10,13,17H,4,7-8,11-12H2,1-3H3. The first-order valence-electron chi connectivity index (χ1n) is 7.46. The lowest BCUT2D eigenvalue weighted by Gasteiger charge is -2.34. The van der Waals surface area contributed by atoms with E-state index < -0.39 is 0 Å². The fraction of sp³-hybridized carbons (Fsp3) is 0.562. The van der Waals surface area contributed by atoms with Crippen molar-refractivity contribution in [1.29, 1.82) is 0 Å². The maximum Gasteiger partial charge on any atom is 0.244 e. The summed E-state index contributed by atoms with van der Waals surface area (Å²) in [6.07, 6.45) is 3.05. The molecule has 110 valence electrons. The van der Waals surface area contributed by atoms with Gasteiger partial charge in [-0.15, -0.1) is 0 Å². The average molecular weight is 275 g/mol. The quantitative estimate of drug-likeness (QED) is 0.895. The molecule has 1 aliphatic heterocycles. The minimum Gasteiger partial charge on any atom is -0.376 e. The molecule has 0 aliphatic carbocycles. The number of amides is 1. The number of para-hydroxylation sites is 2. The van der Waals surface area contributed by atoms with Crippen LogP contribution in [-0.2, 0) is 4.79 Å². The van der Waals surface area contributed by atoms with Crippen LogP contribution in [0.25, 0.3) is 0 Å². The summed E-state index contributed by atoms with van der Waals surface area (Å²) in [6.45, 7) is 3.84. The topological polar surface area (TPSA) is 35.6 Å². The Morgan fingerprint density at radius 2 is 2.10 bits per heavy atom. The lowest BCUT2D eigenvalue weighted by molar-refractivity contribution is -0.121. The Hall–Kier alpha value is -1.55. The van der Waals surface area contributed by atoms with Gasteiger partial charge >= 0.3 is 0 Å². The maximum atomic E-state index is 12.7. The Morgan fingerprint density at radius 1 is 1.35 bits per heavy atom. The summed E-state index contributed by atoms with van der Waals surface area (Å²) in [7, 11) is 4.03. The van der Waals surface area contributed by atoms with Crippen molar-refractivity contribution in [3.63, 3.8) is 0 Å². The molecule has 0 radical (unpaired) electrons. The van der Waals surface area contributed by atoms with Crippen LogP contribution in [0, 0.1) is 0 Å². The van der Waals surface area contributed by atoms with Crippen LogP contribution in [0.1, 0.15) is 26.2 Å². The summed E-state index contributed by atoms with van der Waals surface area (Å²) in [5, 5.41) is 3.36. The summed E-state index contributed by atoms with van der Waals surface area (Å²) in [6, 6.07) is 8.08. The number of hydrogen-bond donors (Lipinski definition) is 1. The van der Waals surface area contributed by atoms with Crippen molar-refractivity contribution in [2.75, 3.05) is 37.0 Å². The van der Waals surface area contributed by atoms with E-state index in [1.165, 1.54) is 0 Å². The molecule has 4 heteroatoms. The average Bonchev–Trinajstić information content (AvgIpc) is 2.46. The molecule has 1 N–H and O–H groups in total. The first-order valence-corrected chi connectivity index (χ1v) is 7.46. The van der Waals surface area contributed by atoms with Gasteiger partial charge in [-0.25, -0.2) is 0 Å². The zero-order chi connectivity index (χ0) is 14.5. The molecule has 1 amide bonds. The summed E-state index contributed by atoms with van der Waals surface area (Å²) in [4.78, 5) is 16.6.